The second-order valence-electron chi connectivity index (χ2n) is 30.2. The van der Waals surface area contributed by atoms with Crippen LogP contribution in [0.15, 0.2) is 135 Å². The maximum atomic E-state index is 14.3. The lowest BCUT2D eigenvalue weighted by Gasteiger charge is -2.32. The molecule has 3 aliphatic carbocycles. The van der Waals surface area contributed by atoms with E-state index >= 15 is 0 Å². The summed E-state index contributed by atoms with van der Waals surface area (Å²) in [6, 6.07) is 30.5. The van der Waals surface area contributed by atoms with E-state index in [4.69, 9.17) is 86.3 Å². The minimum Gasteiger partial charge on any atom is -0.478 e. The molecule has 4 aliphatic rings. The monoisotopic (exact) mass is 1830 g/mol. The Kier molecular flexibility index (Phi) is 46.3. The topological polar surface area (TPSA) is 672 Å². The summed E-state index contributed by atoms with van der Waals surface area (Å²) in [5.41, 5.74) is 55.5. The first-order valence-corrected chi connectivity index (χ1v) is 42.7. The van der Waals surface area contributed by atoms with E-state index in [1.165, 1.54) is 12.1 Å². The van der Waals surface area contributed by atoms with E-state index in [2.05, 4.69) is 50.1 Å². The number of Topliss-reactive ketones (excluding diaryl/α,β-unsaturated/α-hetero) is 4. The van der Waals surface area contributed by atoms with E-state index in [0.29, 0.717) is 117 Å². The Morgan fingerprint density at radius 1 is 0.371 bits per heavy atom. The van der Waals surface area contributed by atoms with Crippen LogP contribution in [0.25, 0.3) is 85.6 Å². The van der Waals surface area contributed by atoms with Crippen molar-refractivity contribution in [1.82, 2.24) is 5.06 Å². The summed E-state index contributed by atoms with van der Waals surface area (Å²) in [6.07, 6.45) is 0.694. The first-order valence-electron chi connectivity index (χ1n) is 42.7. The van der Waals surface area contributed by atoms with Gasteiger partial charge in [0.1, 0.15) is 6.61 Å². The molecule has 132 heavy (non-hydrogen) atoms. The number of aromatic carboxylic acids is 2. The number of carboxylic acid groups (broad SMARTS) is 2. The summed E-state index contributed by atoms with van der Waals surface area (Å²) in [7, 11) is 0. The molecule has 0 spiro atoms. The van der Waals surface area contributed by atoms with E-state index < -0.39 is 58.5 Å². The standard InChI is InChI=1S/C35H41N7O11.C30H38N6O7.C16H12O5.C8H18N4O3/c36-40-38-12-18-50-16-1-2-30(45)23-3-5-25-26-6-4-24(33(48)35(9-14-43,10-15-44)11-17-51-19-13-39-41-37)21-28(26)29(27(25)20-23)22-52-34(49)53-42-31(46)7-8-32(42)47;31-35-33-10-16-42-14-1-2-28(40)21-3-5-23-24-6-4-22(19-26(24)27(20-39)25(23)18-21)29(41)30(7-12-37,8-13-38)9-15-43-17-11-34-36-32;17-7-14-12-5-8(15(18)19)1-3-10(12)11-4-2-9(16(20)21)6-13(11)14;9-1-3-13-5-7-15-8-6-14-4-2-11-12-10/h3-6,20-21,29,43-44H,1-2,7-19,22H2;3-6,18-19,27,37-39H,1-2,7-17,20H2;1-6,14,17H,7H2,(H,18,19)(H,20,21);1-9H2. The zero-order valence-electron chi connectivity index (χ0n) is 72.9. The van der Waals surface area contributed by atoms with Gasteiger partial charge in [0.2, 0.25) is 0 Å². The van der Waals surface area contributed by atoms with Crippen LogP contribution in [0, 0.1) is 10.8 Å². The number of nitrogens with two attached hydrogens (primary N) is 1. The van der Waals surface area contributed by atoms with Crippen LogP contribution in [0.5, 0.6) is 0 Å². The molecular weight excluding hydrogens is 1720 g/mol. The third kappa shape index (κ3) is 30.7. The van der Waals surface area contributed by atoms with Crippen LogP contribution in [0.4, 0.5) is 4.79 Å². The Morgan fingerprint density at radius 3 is 0.962 bits per heavy atom. The van der Waals surface area contributed by atoms with Gasteiger partial charge in [-0.3, -0.25) is 33.6 Å². The number of benzene rings is 6. The van der Waals surface area contributed by atoms with E-state index in [0.717, 1.165) is 50.1 Å². The molecule has 6 aromatic rings. The number of hydrogen-bond acceptors (Lipinski definition) is 30. The van der Waals surface area contributed by atoms with Crippen LogP contribution in [0.3, 0.4) is 0 Å². The first kappa shape index (κ1) is 106. The van der Waals surface area contributed by atoms with Gasteiger partial charge in [0, 0.05) is 193 Å². The number of azide groups is 5. The van der Waals surface area contributed by atoms with Gasteiger partial charge in [-0.25, -0.2) is 14.4 Å². The van der Waals surface area contributed by atoms with E-state index in [9.17, 15) is 73.8 Å². The number of imide groups is 1. The summed E-state index contributed by atoms with van der Waals surface area (Å²) in [5, 5.41) is 95.0. The Hall–Kier alpha value is -12.7. The quantitative estimate of drug-likeness (QED) is 0.00326. The lowest BCUT2D eigenvalue weighted by atomic mass is 9.72. The van der Waals surface area contributed by atoms with E-state index in [-0.39, 0.29) is 216 Å². The van der Waals surface area contributed by atoms with Crippen LogP contribution >= 0.6 is 0 Å². The van der Waals surface area contributed by atoms with Crippen LogP contribution in [-0.4, -0.2) is 277 Å². The predicted octanol–water partition coefficient (Wildman–Crippen LogP) is 12.2. The number of rotatable bonds is 58. The van der Waals surface area contributed by atoms with Crippen molar-refractivity contribution in [3.63, 3.8) is 0 Å². The molecule has 706 valence electrons. The van der Waals surface area contributed by atoms with Crippen molar-refractivity contribution in [2.75, 3.05) is 178 Å². The first-order chi connectivity index (χ1) is 64.1. The molecule has 2 unspecified atom stereocenters. The van der Waals surface area contributed by atoms with Crippen molar-refractivity contribution in [3.05, 3.63) is 228 Å². The van der Waals surface area contributed by atoms with Crippen molar-refractivity contribution in [2.24, 2.45) is 42.1 Å². The average molecular weight is 1830 g/mol. The number of amides is 2. The molecule has 1 fully saturated rings. The minimum atomic E-state index is -1.28. The number of aliphatic hydroxyl groups excluding tert-OH is 6. The van der Waals surface area contributed by atoms with Gasteiger partial charge in [0.25, 0.3) is 11.8 Å². The molecule has 0 saturated carbocycles. The fraction of sp³-hybridized carbons (Fsp3) is 0.494. The van der Waals surface area contributed by atoms with Crippen molar-refractivity contribution in [1.29, 1.82) is 0 Å². The smallest absolute Gasteiger partial charge is 0.478 e. The normalized spacial score (nSPS) is 13.4. The van der Waals surface area contributed by atoms with Gasteiger partial charge in [-0.1, -0.05) is 91.3 Å². The number of hydroxylamine groups is 2. The molecule has 43 heteroatoms. The van der Waals surface area contributed by atoms with Gasteiger partial charge in [-0.15, -0.1) is 0 Å². The van der Waals surface area contributed by atoms with Crippen molar-refractivity contribution in [2.45, 2.75) is 94.8 Å². The van der Waals surface area contributed by atoms with Gasteiger partial charge in [-0.05, 0) is 194 Å². The SMILES string of the molecule is O=C(O)c1ccc2c(c1)C(CO)c1cc(C(=O)O)ccc1-2.[N-]=[N+]=NCCOCCCC(=O)c1ccc2c(c1)C(CO)c1cc(C(=O)C(CCO)(CCO)CCOCCN=[N+]=[N-])ccc1-2.[N-]=[N+]=NCCOCCCC(=O)c1ccc2c(c1)C(COC(=O)ON1C(=O)CCC1=O)c1cc(C(=O)C(CCO)(CCO)CCOCCN=[N+]=[N-])ccc1-2.[N-]=[N+]=NCCOCCOCCOCCN. The number of aliphatic hydroxyl groups is 6. The zero-order valence-corrected chi connectivity index (χ0v) is 72.9. The second-order valence-corrected chi connectivity index (χ2v) is 30.2. The number of hydrogen-bond donors (Lipinski definition) is 9. The summed E-state index contributed by atoms with van der Waals surface area (Å²) in [4.78, 5) is 131. The Bertz CT molecular complexity index is 5090. The lowest BCUT2D eigenvalue weighted by molar-refractivity contribution is -0.177. The van der Waals surface area contributed by atoms with Crippen LogP contribution in [0.2, 0.25) is 0 Å². The average Bonchev–Trinajstić information content (AvgIpc) is 1.60. The Balaban J connectivity index is 0.000000266. The van der Waals surface area contributed by atoms with Gasteiger partial charge in [0.15, 0.2) is 23.1 Å². The molecule has 1 saturated heterocycles. The van der Waals surface area contributed by atoms with E-state index in [1.807, 2.05) is 12.1 Å². The molecule has 6 aromatic carbocycles. The number of carboxylic acids is 2. The molecule has 0 radical (unpaired) electrons. The molecule has 2 amide bonds. The number of carbonyl (C=O) groups excluding carboxylic acids is 7. The third-order valence-electron chi connectivity index (χ3n) is 22.2. The van der Waals surface area contributed by atoms with Crippen LogP contribution in [-0.2, 0) is 52.3 Å². The number of carbonyl (C=O) groups is 9. The molecule has 43 nitrogen and oxygen atoms in total. The highest BCUT2D eigenvalue weighted by Crippen LogP contribution is 2.50. The van der Waals surface area contributed by atoms with Gasteiger partial charge >= 0.3 is 18.1 Å². The number of ether oxygens (including phenoxy) is 8. The van der Waals surface area contributed by atoms with Crippen molar-refractivity contribution < 1.29 is 127 Å². The maximum Gasteiger partial charge on any atom is 0.533 e. The predicted molar refractivity (Wildman–Crippen MR) is 474 cm³/mol. The molecule has 10 N–H and O–H groups in total. The Morgan fingerprint density at radius 2 is 0.652 bits per heavy atom. The highest BCUT2D eigenvalue weighted by Gasteiger charge is 2.43. The third-order valence-corrected chi connectivity index (χ3v) is 22.2. The Labute approximate surface area is 758 Å². The van der Waals surface area contributed by atoms with Crippen molar-refractivity contribution >= 4 is 53.0 Å². The van der Waals surface area contributed by atoms with Gasteiger partial charge in [0.05, 0.1) is 90.4 Å². The molecule has 1 heterocycles. The largest absolute Gasteiger partial charge is 0.533 e. The highest BCUT2D eigenvalue weighted by atomic mass is 16.8. The molecular formula is C89H109N17O26. The number of ketones is 4. The number of fused-ring (bicyclic) bond motifs is 9. The highest BCUT2D eigenvalue weighted by molar-refractivity contribution is 6.04. The fourth-order valence-corrected chi connectivity index (χ4v) is 15.6. The minimum absolute atomic E-state index is 0.0417. The maximum absolute atomic E-state index is 14.3. The lowest BCUT2D eigenvalue weighted by Crippen LogP contribution is -2.35. The van der Waals surface area contributed by atoms with Crippen LogP contribution in [0.1, 0.15) is 190 Å². The molecule has 1 aliphatic heterocycles. The molecule has 2 atom stereocenters. The van der Waals surface area contributed by atoms with Crippen LogP contribution < -0.4 is 5.73 Å². The number of nitrogens with zero attached hydrogens (tertiary/aromatic N) is 16. The van der Waals surface area contributed by atoms with Crippen molar-refractivity contribution in [3.8, 4) is 33.4 Å². The molecule has 0 bridgehead atoms. The summed E-state index contributed by atoms with van der Waals surface area (Å²) in [5.74, 6) is -5.73. The fourth-order valence-electron chi connectivity index (χ4n) is 15.6. The molecule has 10 rings (SSSR count). The van der Waals surface area contributed by atoms with Gasteiger partial charge < -0.3 is 84.5 Å². The van der Waals surface area contributed by atoms with Gasteiger partial charge in [-0.2, -0.15) is 0 Å². The summed E-state index contributed by atoms with van der Waals surface area (Å²) in [6.45, 7) is 4.54. The second kappa shape index (κ2) is 57.5. The summed E-state index contributed by atoms with van der Waals surface area (Å²) >= 11 is 0. The summed E-state index contributed by atoms with van der Waals surface area (Å²) < 4.78 is 42.7. The molecule has 0 aromatic heterocycles. The van der Waals surface area contributed by atoms with E-state index in [1.54, 1.807) is 84.9 Å². The zero-order chi connectivity index (χ0) is 95.6.